The van der Waals surface area contributed by atoms with Crippen LogP contribution in [0.15, 0.2) is 12.1 Å². The van der Waals surface area contributed by atoms with Crippen LogP contribution in [0, 0.1) is 0 Å². The quantitative estimate of drug-likeness (QED) is 0.847. The minimum Gasteiger partial charge on any atom is -0.393 e. The molecule has 1 heterocycles. The fourth-order valence-electron chi connectivity index (χ4n) is 2.19. The maximum absolute atomic E-state index is 9.44. The van der Waals surface area contributed by atoms with Crippen LogP contribution in [-0.2, 0) is 6.54 Å². The number of aliphatic hydroxyl groups is 1. The highest BCUT2D eigenvalue weighted by Gasteiger charge is 2.22. The predicted octanol–water partition coefficient (Wildman–Crippen LogP) is 2.87. The van der Waals surface area contributed by atoms with E-state index in [4.69, 9.17) is 0 Å². The lowest BCUT2D eigenvalue weighted by atomic mass is 10.2. The third-order valence-corrected chi connectivity index (χ3v) is 4.61. The number of aliphatic hydroxyl groups excluding tert-OH is 1. The van der Waals surface area contributed by atoms with Gasteiger partial charge in [0.1, 0.15) is 0 Å². The molecule has 0 radical (unpaired) electrons. The van der Waals surface area contributed by atoms with E-state index in [1.165, 1.54) is 9.75 Å². The first kappa shape index (κ1) is 12.1. The van der Waals surface area contributed by atoms with Crippen LogP contribution in [0.5, 0.6) is 0 Å². The van der Waals surface area contributed by atoms with E-state index in [2.05, 4.69) is 31.3 Å². The van der Waals surface area contributed by atoms with Gasteiger partial charge in [-0.1, -0.05) is 13.8 Å². The molecule has 1 aromatic rings. The van der Waals surface area contributed by atoms with Crippen molar-refractivity contribution in [1.82, 2.24) is 5.32 Å². The number of hydrogen-bond donors (Lipinski definition) is 2. The normalized spacial score (nSPS) is 25.5. The van der Waals surface area contributed by atoms with Crippen LogP contribution in [-0.4, -0.2) is 17.3 Å². The average molecular weight is 239 g/mol. The summed E-state index contributed by atoms with van der Waals surface area (Å²) in [6.45, 7) is 5.42. The third kappa shape index (κ3) is 3.06. The van der Waals surface area contributed by atoms with Gasteiger partial charge in [-0.3, -0.25) is 0 Å². The Hall–Kier alpha value is -0.380. The topological polar surface area (TPSA) is 32.3 Å². The van der Waals surface area contributed by atoms with Crippen molar-refractivity contribution in [1.29, 1.82) is 0 Å². The summed E-state index contributed by atoms with van der Waals surface area (Å²) in [5, 5.41) is 13.0. The molecule has 0 spiro atoms. The molecule has 1 aliphatic carbocycles. The van der Waals surface area contributed by atoms with Crippen LogP contribution < -0.4 is 5.32 Å². The molecule has 2 nitrogen and oxygen atoms in total. The summed E-state index contributed by atoms with van der Waals surface area (Å²) in [5.41, 5.74) is 0. The molecule has 0 saturated heterocycles. The largest absolute Gasteiger partial charge is 0.393 e. The Balaban J connectivity index is 1.80. The van der Waals surface area contributed by atoms with Gasteiger partial charge in [-0.15, -0.1) is 11.3 Å². The van der Waals surface area contributed by atoms with Crippen molar-refractivity contribution in [2.75, 3.05) is 0 Å². The molecule has 0 amide bonds. The lowest BCUT2D eigenvalue weighted by molar-refractivity contribution is 0.179. The maximum Gasteiger partial charge on any atom is 0.0555 e. The highest BCUT2D eigenvalue weighted by atomic mass is 32.1. The van der Waals surface area contributed by atoms with Gasteiger partial charge in [-0.25, -0.2) is 0 Å². The second-order valence-electron chi connectivity index (χ2n) is 5.00. The molecule has 90 valence electrons. The number of thiophene rings is 1. The Labute approximate surface area is 102 Å². The van der Waals surface area contributed by atoms with Gasteiger partial charge in [0.2, 0.25) is 0 Å². The summed E-state index contributed by atoms with van der Waals surface area (Å²) in [7, 11) is 0. The zero-order valence-electron chi connectivity index (χ0n) is 10.1. The molecule has 2 rings (SSSR count). The first-order chi connectivity index (χ1) is 7.65. The molecular weight excluding hydrogens is 218 g/mol. The van der Waals surface area contributed by atoms with E-state index >= 15 is 0 Å². The molecule has 2 atom stereocenters. The van der Waals surface area contributed by atoms with Crippen LogP contribution in [0.4, 0.5) is 0 Å². The van der Waals surface area contributed by atoms with Crippen LogP contribution in [0.2, 0.25) is 0 Å². The highest BCUT2D eigenvalue weighted by molar-refractivity contribution is 7.12. The molecule has 0 aliphatic heterocycles. The van der Waals surface area contributed by atoms with Gasteiger partial charge in [-0.2, -0.15) is 0 Å². The number of hydrogen-bond acceptors (Lipinski definition) is 3. The molecule has 1 fully saturated rings. The highest BCUT2D eigenvalue weighted by Crippen LogP contribution is 2.25. The summed E-state index contributed by atoms with van der Waals surface area (Å²) < 4.78 is 0. The lowest BCUT2D eigenvalue weighted by Crippen LogP contribution is -2.25. The van der Waals surface area contributed by atoms with Gasteiger partial charge in [0.25, 0.3) is 0 Å². The van der Waals surface area contributed by atoms with Crippen LogP contribution in [0.3, 0.4) is 0 Å². The van der Waals surface area contributed by atoms with E-state index in [0.717, 1.165) is 25.8 Å². The number of nitrogens with one attached hydrogen (secondary N) is 1. The van der Waals surface area contributed by atoms with Crippen molar-refractivity contribution in [3.63, 3.8) is 0 Å². The fraction of sp³-hybridized carbons (Fsp3) is 0.692. The van der Waals surface area contributed by atoms with Crippen molar-refractivity contribution >= 4 is 11.3 Å². The Bertz CT molecular complexity index is 334. The molecular formula is C13H21NOS. The standard InChI is InChI=1S/C13H21NOS/c1-9(2)13-6-5-12(16-13)8-14-10-3-4-11(15)7-10/h5-6,9-11,14-15H,3-4,7-8H2,1-2H3/t10-,11-/m1/s1. The second-order valence-corrected chi connectivity index (χ2v) is 6.20. The molecule has 0 bridgehead atoms. The van der Waals surface area contributed by atoms with Crippen molar-refractivity contribution in [2.24, 2.45) is 0 Å². The van der Waals surface area contributed by atoms with E-state index in [0.29, 0.717) is 12.0 Å². The Kier molecular flexibility index (Phi) is 4.00. The predicted molar refractivity (Wildman–Crippen MR) is 68.9 cm³/mol. The monoisotopic (exact) mass is 239 g/mol. The smallest absolute Gasteiger partial charge is 0.0555 e. The zero-order chi connectivity index (χ0) is 11.5. The Morgan fingerprint density at radius 1 is 1.44 bits per heavy atom. The Morgan fingerprint density at radius 2 is 2.25 bits per heavy atom. The van der Waals surface area contributed by atoms with Gasteiger partial charge in [0.15, 0.2) is 0 Å². The van der Waals surface area contributed by atoms with E-state index in [1.807, 2.05) is 11.3 Å². The van der Waals surface area contributed by atoms with Gasteiger partial charge < -0.3 is 10.4 Å². The van der Waals surface area contributed by atoms with Crippen molar-refractivity contribution in [3.05, 3.63) is 21.9 Å². The maximum atomic E-state index is 9.44. The molecule has 0 aromatic carbocycles. The summed E-state index contributed by atoms with van der Waals surface area (Å²) in [6, 6.07) is 4.97. The fourth-order valence-corrected chi connectivity index (χ4v) is 3.15. The third-order valence-electron chi connectivity index (χ3n) is 3.22. The van der Waals surface area contributed by atoms with Crippen molar-refractivity contribution in [3.8, 4) is 0 Å². The summed E-state index contributed by atoms with van der Waals surface area (Å²) >= 11 is 1.90. The second kappa shape index (κ2) is 5.30. The Morgan fingerprint density at radius 3 is 2.81 bits per heavy atom. The first-order valence-electron chi connectivity index (χ1n) is 6.15. The average Bonchev–Trinajstić information content (AvgIpc) is 2.83. The van der Waals surface area contributed by atoms with Gasteiger partial charge in [0.05, 0.1) is 6.10 Å². The minimum atomic E-state index is -0.0768. The molecule has 2 N–H and O–H groups in total. The van der Waals surface area contributed by atoms with Crippen molar-refractivity contribution in [2.45, 2.75) is 57.7 Å². The SMILES string of the molecule is CC(C)c1ccc(CN[C@@H]2CC[C@@H](O)C2)s1. The van der Waals surface area contributed by atoms with E-state index in [1.54, 1.807) is 0 Å². The van der Waals surface area contributed by atoms with Gasteiger partial charge in [-0.05, 0) is 37.3 Å². The van der Waals surface area contributed by atoms with Crippen molar-refractivity contribution < 1.29 is 5.11 Å². The molecule has 1 aliphatic rings. The van der Waals surface area contributed by atoms with Gasteiger partial charge >= 0.3 is 0 Å². The molecule has 1 aromatic heterocycles. The lowest BCUT2D eigenvalue weighted by Gasteiger charge is -2.10. The summed E-state index contributed by atoms with van der Waals surface area (Å²) in [4.78, 5) is 2.87. The van der Waals surface area contributed by atoms with Crippen LogP contribution in [0.1, 0.15) is 48.8 Å². The summed E-state index contributed by atoms with van der Waals surface area (Å²) in [5.74, 6) is 0.632. The van der Waals surface area contributed by atoms with Crippen LogP contribution in [0.25, 0.3) is 0 Å². The zero-order valence-corrected chi connectivity index (χ0v) is 10.9. The molecule has 3 heteroatoms. The van der Waals surface area contributed by atoms with Gasteiger partial charge in [0, 0.05) is 22.3 Å². The molecule has 0 unspecified atom stereocenters. The number of rotatable bonds is 4. The van der Waals surface area contributed by atoms with E-state index < -0.39 is 0 Å². The summed E-state index contributed by atoms with van der Waals surface area (Å²) in [6.07, 6.45) is 2.91. The van der Waals surface area contributed by atoms with E-state index in [9.17, 15) is 5.11 Å². The van der Waals surface area contributed by atoms with E-state index in [-0.39, 0.29) is 6.10 Å². The molecule has 1 saturated carbocycles. The first-order valence-corrected chi connectivity index (χ1v) is 6.97. The minimum absolute atomic E-state index is 0.0768. The van der Waals surface area contributed by atoms with Crippen LogP contribution >= 0.6 is 11.3 Å². The molecule has 16 heavy (non-hydrogen) atoms.